The Hall–Kier alpha value is -2.94. The molecule has 2 atom stereocenters. The number of halogens is 1. The van der Waals surface area contributed by atoms with Gasteiger partial charge in [-0.25, -0.2) is 12.8 Å². The van der Waals surface area contributed by atoms with Gasteiger partial charge in [0, 0.05) is 25.6 Å². The van der Waals surface area contributed by atoms with Gasteiger partial charge < -0.3 is 10.2 Å². The molecule has 1 N–H and O–H groups in total. The number of nitrogens with zero attached hydrogens (tertiary/aromatic N) is 2. The van der Waals surface area contributed by atoms with Gasteiger partial charge in [0.05, 0.1) is 11.9 Å². The Morgan fingerprint density at radius 1 is 1.09 bits per heavy atom. The van der Waals surface area contributed by atoms with Crippen molar-refractivity contribution in [2.75, 3.05) is 17.1 Å². The highest BCUT2D eigenvalue weighted by Gasteiger charge is 2.27. The van der Waals surface area contributed by atoms with Crippen LogP contribution in [0.5, 0.6) is 0 Å². The number of hydrogen-bond donors (Lipinski definition) is 1. The van der Waals surface area contributed by atoms with E-state index in [1.807, 2.05) is 45.0 Å². The second-order valence-electron chi connectivity index (χ2n) is 8.89. The number of anilines is 1. The summed E-state index contributed by atoms with van der Waals surface area (Å²) >= 11 is 0. The summed E-state index contributed by atoms with van der Waals surface area (Å²) in [7, 11) is -3.75. The highest BCUT2D eigenvalue weighted by atomic mass is 32.2. The van der Waals surface area contributed by atoms with Crippen LogP contribution in [0.1, 0.15) is 51.2 Å². The number of aryl methyl sites for hydroxylation is 1. The van der Waals surface area contributed by atoms with Crippen LogP contribution in [0, 0.1) is 12.7 Å². The van der Waals surface area contributed by atoms with Gasteiger partial charge in [0.25, 0.3) is 0 Å². The Morgan fingerprint density at radius 2 is 1.77 bits per heavy atom. The van der Waals surface area contributed by atoms with Crippen molar-refractivity contribution in [1.29, 1.82) is 0 Å². The third kappa shape index (κ3) is 8.35. The molecule has 0 heterocycles. The third-order valence-electron chi connectivity index (χ3n) is 5.88. The summed E-state index contributed by atoms with van der Waals surface area (Å²) in [5.41, 5.74) is 1.88. The van der Waals surface area contributed by atoms with Crippen LogP contribution < -0.4 is 9.62 Å². The zero-order valence-corrected chi connectivity index (χ0v) is 21.9. The molecule has 0 unspecified atom stereocenters. The summed E-state index contributed by atoms with van der Waals surface area (Å²) in [5, 5.41) is 2.92. The molecule has 0 aliphatic rings. The van der Waals surface area contributed by atoms with E-state index < -0.39 is 21.9 Å². The van der Waals surface area contributed by atoms with E-state index in [1.165, 1.54) is 23.1 Å². The van der Waals surface area contributed by atoms with Crippen molar-refractivity contribution in [2.45, 2.75) is 65.6 Å². The van der Waals surface area contributed by atoms with E-state index in [-0.39, 0.29) is 49.5 Å². The topological polar surface area (TPSA) is 86.8 Å². The van der Waals surface area contributed by atoms with Crippen LogP contribution in [0.3, 0.4) is 0 Å². The number of amides is 2. The van der Waals surface area contributed by atoms with E-state index in [2.05, 4.69) is 5.32 Å². The average molecular weight is 506 g/mol. The van der Waals surface area contributed by atoms with Crippen molar-refractivity contribution in [1.82, 2.24) is 10.2 Å². The molecule has 0 aliphatic heterocycles. The largest absolute Gasteiger partial charge is 0.352 e. The van der Waals surface area contributed by atoms with E-state index >= 15 is 0 Å². The molecule has 0 saturated carbocycles. The Balaban J connectivity index is 2.18. The van der Waals surface area contributed by atoms with Crippen LogP contribution in [0.15, 0.2) is 48.5 Å². The summed E-state index contributed by atoms with van der Waals surface area (Å²) in [6, 6.07) is 12.6. The van der Waals surface area contributed by atoms with Gasteiger partial charge in [-0.1, -0.05) is 48.9 Å². The number of para-hydroxylation sites is 1. The molecule has 0 radical (unpaired) electrons. The normalized spacial score (nSPS) is 13.1. The highest BCUT2D eigenvalue weighted by Crippen LogP contribution is 2.22. The van der Waals surface area contributed by atoms with Crippen LogP contribution >= 0.6 is 0 Å². The fraction of sp³-hybridized carbons (Fsp3) is 0.462. The Morgan fingerprint density at radius 3 is 2.37 bits per heavy atom. The summed E-state index contributed by atoms with van der Waals surface area (Å²) in [6.45, 7) is 7.70. The van der Waals surface area contributed by atoms with Crippen LogP contribution in [0.2, 0.25) is 0 Å². The van der Waals surface area contributed by atoms with Gasteiger partial charge in [-0.3, -0.25) is 13.9 Å². The van der Waals surface area contributed by atoms with Gasteiger partial charge in [-0.2, -0.15) is 0 Å². The fourth-order valence-electron chi connectivity index (χ4n) is 3.69. The summed E-state index contributed by atoms with van der Waals surface area (Å²) in [5.74, 6) is -1.18. The van der Waals surface area contributed by atoms with E-state index in [0.29, 0.717) is 0 Å². The maximum atomic E-state index is 14.3. The minimum atomic E-state index is -3.75. The van der Waals surface area contributed by atoms with E-state index in [9.17, 15) is 22.4 Å². The molecule has 35 heavy (non-hydrogen) atoms. The molecule has 0 aromatic heterocycles. The van der Waals surface area contributed by atoms with Gasteiger partial charge in [0.15, 0.2) is 0 Å². The lowest BCUT2D eigenvalue weighted by Crippen LogP contribution is -2.49. The minimum absolute atomic E-state index is 0.00718. The first-order chi connectivity index (χ1) is 16.4. The van der Waals surface area contributed by atoms with Gasteiger partial charge in [0.1, 0.15) is 11.9 Å². The monoisotopic (exact) mass is 505 g/mol. The Bertz CT molecular complexity index is 1120. The van der Waals surface area contributed by atoms with Gasteiger partial charge >= 0.3 is 0 Å². The number of benzene rings is 2. The van der Waals surface area contributed by atoms with Crippen LogP contribution in [-0.2, 0) is 26.2 Å². The molecular weight excluding hydrogens is 469 g/mol. The maximum Gasteiger partial charge on any atom is 0.242 e. The SMILES string of the molecule is CC[C@H](C)NC(=O)[C@@H](C)N(Cc1cccc(C)c1)C(=O)CCCN(c1ccccc1F)S(C)(=O)=O. The quantitative estimate of drug-likeness (QED) is 0.472. The molecule has 0 spiro atoms. The predicted octanol–water partition coefficient (Wildman–Crippen LogP) is 4.01. The first kappa shape index (κ1) is 28.3. The zero-order chi connectivity index (χ0) is 26.2. The molecule has 7 nitrogen and oxygen atoms in total. The van der Waals surface area contributed by atoms with Crippen molar-refractivity contribution in [3.63, 3.8) is 0 Å². The number of carbonyl (C=O) groups is 2. The number of carbonyl (C=O) groups excluding carboxylic acids is 2. The summed E-state index contributed by atoms with van der Waals surface area (Å²) in [4.78, 5) is 27.6. The van der Waals surface area contributed by atoms with Gasteiger partial charge in [-0.05, 0) is 51.3 Å². The molecular formula is C26H36FN3O4S. The Kier molecular flexibility index (Phi) is 10.2. The lowest BCUT2D eigenvalue weighted by atomic mass is 10.1. The fourth-order valence-corrected chi connectivity index (χ4v) is 4.66. The summed E-state index contributed by atoms with van der Waals surface area (Å²) < 4.78 is 39.8. The molecule has 2 amide bonds. The van der Waals surface area contributed by atoms with Crippen molar-refractivity contribution < 1.29 is 22.4 Å². The smallest absolute Gasteiger partial charge is 0.242 e. The van der Waals surface area contributed by atoms with Crippen LogP contribution in [0.25, 0.3) is 0 Å². The Labute approximate surface area is 208 Å². The van der Waals surface area contributed by atoms with Gasteiger partial charge in [-0.15, -0.1) is 0 Å². The molecule has 2 rings (SSSR count). The first-order valence-corrected chi connectivity index (χ1v) is 13.7. The maximum absolute atomic E-state index is 14.3. The third-order valence-corrected chi connectivity index (χ3v) is 7.06. The van der Waals surface area contributed by atoms with Crippen LogP contribution in [0.4, 0.5) is 10.1 Å². The molecule has 0 aliphatic carbocycles. The molecule has 0 bridgehead atoms. The minimum Gasteiger partial charge on any atom is -0.352 e. The van der Waals surface area contributed by atoms with Crippen LogP contribution in [-0.4, -0.2) is 50.0 Å². The lowest BCUT2D eigenvalue weighted by Gasteiger charge is -2.30. The van der Waals surface area contributed by atoms with Crippen molar-refractivity contribution >= 4 is 27.5 Å². The van der Waals surface area contributed by atoms with Gasteiger partial charge in [0.2, 0.25) is 21.8 Å². The van der Waals surface area contributed by atoms with Crippen molar-refractivity contribution in [3.8, 4) is 0 Å². The highest BCUT2D eigenvalue weighted by molar-refractivity contribution is 7.92. The molecule has 9 heteroatoms. The standard InChI is InChI=1S/C26H36FN3O4S/c1-6-20(3)28-26(32)21(4)29(18-22-12-9-11-19(2)17-22)25(31)15-10-16-30(35(5,33)34)24-14-8-7-13-23(24)27/h7-9,11-14,17,20-21H,6,10,15-16,18H2,1-5H3,(H,28,32)/t20-,21+/m0/s1. The number of hydrogen-bond acceptors (Lipinski definition) is 4. The number of rotatable bonds is 12. The van der Waals surface area contributed by atoms with E-state index in [4.69, 9.17) is 0 Å². The second kappa shape index (κ2) is 12.7. The number of nitrogens with one attached hydrogen (secondary N) is 1. The second-order valence-corrected chi connectivity index (χ2v) is 10.8. The van der Waals surface area contributed by atoms with E-state index in [1.54, 1.807) is 13.0 Å². The molecule has 2 aromatic carbocycles. The lowest BCUT2D eigenvalue weighted by molar-refractivity contribution is -0.140. The van der Waals surface area contributed by atoms with Crippen molar-refractivity contribution in [3.05, 3.63) is 65.5 Å². The molecule has 2 aromatic rings. The molecule has 192 valence electrons. The number of sulfonamides is 1. The predicted molar refractivity (Wildman–Crippen MR) is 137 cm³/mol. The van der Waals surface area contributed by atoms with Crippen molar-refractivity contribution in [2.24, 2.45) is 0 Å². The van der Waals surface area contributed by atoms with E-state index in [0.717, 1.165) is 28.1 Å². The summed E-state index contributed by atoms with van der Waals surface area (Å²) in [6.07, 6.45) is 1.95. The average Bonchev–Trinajstić information content (AvgIpc) is 2.79. The zero-order valence-electron chi connectivity index (χ0n) is 21.1. The molecule has 0 saturated heterocycles. The first-order valence-electron chi connectivity index (χ1n) is 11.8. The molecule has 0 fully saturated rings.